The molecular formula is C12H17ClN6. The van der Waals surface area contributed by atoms with Crippen LogP contribution in [-0.2, 0) is 0 Å². The summed E-state index contributed by atoms with van der Waals surface area (Å²) >= 11 is 5.92. The van der Waals surface area contributed by atoms with Crippen molar-refractivity contribution in [3.63, 3.8) is 0 Å². The second-order valence-corrected chi connectivity index (χ2v) is 4.71. The van der Waals surface area contributed by atoms with Crippen LogP contribution in [0.25, 0.3) is 0 Å². The highest BCUT2D eigenvalue weighted by atomic mass is 35.5. The minimum atomic E-state index is 0.407. The Morgan fingerprint density at radius 2 is 2.21 bits per heavy atom. The summed E-state index contributed by atoms with van der Waals surface area (Å²) in [4.78, 5) is 8.33. The van der Waals surface area contributed by atoms with Gasteiger partial charge in [-0.3, -0.25) is 0 Å². The molecule has 1 aliphatic rings. The highest BCUT2D eigenvalue weighted by Crippen LogP contribution is 2.30. The molecule has 0 atom stereocenters. The second-order valence-electron chi connectivity index (χ2n) is 4.30. The maximum Gasteiger partial charge on any atom is 0.230 e. The summed E-state index contributed by atoms with van der Waals surface area (Å²) in [5.74, 6) is 2.09. The molecule has 6 nitrogen and oxygen atoms in total. The predicted molar refractivity (Wildman–Crippen MR) is 77.8 cm³/mol. The third-order valence-electron chi connectivity index (χ3n) is 2.81. The lowest BCUT2D eigenvalue weighted by Crippen LogP contribution is -2.18. The first-order valence-corrected chi connectivity index (χ1v) is 6.47. The Kier molecular flexibility index (Phi) is 4.21. The summed E-state index contributed by atoms with van der Waals surface area (Å²) < 4.78 is 0. The van der Waals surface area contributed by atoms with Gasteiger partial charge < -0.3 is 21.4 Å². The number of nitrogens with zero attached hydrogens (tertiary/aromatic N) is 2. The summed E-state index contributed by atoms with van der Waals surface area (Å²) in [6.07, 6.45) is 5.51. The van der Waals surface area contributed by atoms with E-state index in [2.05, 4.69) is 25.9 Å². The van der Waals surface area contributed by atoms with Crippen molar-refractivity contribution in [1.29, 1.82) is 5.41 Å². The first kappa shape index (κ1) is 13.6. The molecule has 0 bridgehead atoms. The molecule has 0 unspecified atom stereocenters. The van der Waals surface area contributed by atoms with Gasteiger partial charge in [-0.25, -0.2) is 4.98 Å². The van der Waals surface area contributed by atoms with Gasteiger partial charge in [0.05, 0.1) is 6.20 Å². The van der Waals surface area contributed by atoms with Gasteiger partial charge in [0.2, 0.25) is 5.95 Å². The largest absolute Gasteiger partial charge is 0.375 e. The monoisotopic (exact) mass is 280 g/mol. The van der Waals surface area contributed by atoms with Gasteiger partial charge in [-0.2, -0.15) is 4.98 Å². The number of rotatable bonds is 6. The molecule has 0 saturated heterocycles. The molecule has 0 spiro atoms. The van der Waals surface area contributed by atoms with E-state index in [9.17, 15) is 0 Å². The molecule has 1 saturated carbocycles. The van der Waals surface area contributed by atoms with Gasteiger partial charge in [0.1, 0.15) is 16.7 Å². The van der Waals surface area contributed by atoms with Crippen LogP contribution in [0.5, 0.6) is 0 Å². The quantitative estimate of drug-likeness (QED) is 0.600. The summed E-state index contributed by atoms with van der Waals surface area (Å²) in [6, 6.07) is 0. The maximum absolute atomic E-state index is 7.89. The van der Waals surface area contributed by atoms with E-state index in [1.54, 1.807) is 20.2 Å². The van der Waals surface area contributed by atoms with Gasteiger partial charge in [-0.15, -0.1) is 0 Å². The van der Waals surface area contributed by atoms with Gasteiger partial charge in [0, 0.05) is 25.7 Å². The van der Waals surface area contributed by atoms with Crippen LogP contribution in [0, 0.1) is 11.3 Å². The van der Waals surface area contributed by atoms with E-state index in [1.807, 2.05) is 0 Å². The van der Waals surface area contributed by atoms with Gasteiger partial charge >= 0.3 is 0 Å². The van der Waals surface area contributed by atoms with Gasteiger partial charge in [0.15, 0.2) is 0 Å². The molecular weight excluding hydrogens is 264 g/mol. The lowest BCUT2D eigenvalue weighted by atomic mass is 10.2. The summed E-state index contributed by atoms with van der Waals surface area (Å²) in [5, 5.41) is 17.3. The molecule has 1 aromatic heterocycles. The van der Waals surface area contributed by atoms with Crippen molar-refractivity contribution >= 4 is 29.1 Å². The molecule has 1 aliphatic carbocycles. The van der Waals surface area contributed by atoms with Crippen molar-refractivity contribution < 1.29 is 0 Å². The molecule has 1 fully saturated rings. The molecule has 102 valence electrons. The van der Waals surface area contributed by atoms with E-state index in [1.165, 1.54) is 6.20 Å². The first-order valence-electron chi connectivity index (χ1n) is 6.09. The van der Waals surface area contributed by atoms with E-state index in [0.717, 1.165) is 12.8 Å². The number of hydrogen-bond donors (Lipinski definition) is 4. The Hall–Kier alpha value is -1.82. The molecule has 0 aliphatic heterocycles. The van der Waals surface area contributed by atoms with Crippen LogP contribution < -0.4 is 16.0 Å². The Labute approximate surface area is 117 Å². The highest BCUT2D eigenvalue weighted by molar-refractivity contribution is 6.32. The van der Waals surface area contributed by atoms with Crippen molar-refractivity contribution in [3.05, 3.63) is 23.1 Å². The maximum atomic E-state index is 7.89. The zero-order chi connectivity index (χ0) is 13.8. The van der Waals surface area contributed by atoms with Crippen LogP contribution in [0.1, 0.15) is 12.8 Å². The summed E-state index contributed by atoms with van der Waals surface area (Å²) in [5.41, 5.74) is 0.625. The summed E-state index contributed by atoms with van der Waals surface area (Å²) in [7, 11) is 3.53. The van der Waals surface area contributed by atoms with Crippen molar-refractivity contribution in [2.75, 3.05) is 24.7 Å². The van der Waals surface area contributed by atoms with E-state index >= 15 is 0 Å². The molecule has 1 heterocycles. The number of allylic oxidation sites excluding steroid dienone is 1. The fourth-order valence-corrected chi connectivity index (χ4v) is 1.75. The van der Waals surface area contributed by atoms with Crippen LogP contribution >= 0.6 is 11.6 Å². The highest BCUT2D eigenvalue weighted by Gasteiger charge is 2.25. The minimum Gasteiger partial charge on any atom is -0.375 e. The molecule has 4 N–H and O–H groups in total. The van der Waals surface area contributed by atoms with E-state index < -0.39 is 0 Å². The van der Waals surface area contributed by atoms with Gasteiger partial charge in [0.25, 0.3) is 0 Å². The van der Waals surface area contributed by atoms with Crippen LogP contribution in [0.4, 0.5) is 11.8 Å². The van der Waals surface area contributed by atoms with E-state index in [-0.39, 0.29) is 0 Å². The van der Waals surface area contributed by atoms with Crippen molar-refractivity contribution in [1.82, 2.24) is 15.3 Å². The van der Waals surface area contributed by atoms with E-state index in [4.69, 9.17) is 17.0 Å². The lowest BCUT2D eigenvalue weighted by Gasteiger charge is -2.11. The molecule has 0 aromatic carbocycles. The number of aromatic nitrogens is 2. The zero-order valence-electron chi connectivity index (χ0n) is 10.9. The lowest BCUT2D eigenvalue weighted by molar-refractivity contribution is 0.974. The average Bonchev–Trinajstić information content (AvgIpc) is 3.24. The second kappa shape index (κ2) is 5.88. The summed E-state index contributed by atoms with van der Waals surface area (Å²) in [6.45, 7) is 0. The zero-order valence-corrected chi connectivity index (χ0v) is 11.7. The van der Waals surface area contributed by atoms with Crippen LogP contribution in [0.2, 0.25) is 5.02 Å². The molecule has 7 heteroatoms. The average molecular weight is 281 g/mol. The smallest absolute Gasteiger partial charge is 0.230 e. The first-order chi connectivity index (χ1) is 9.13. The van der Waals surface area contributed by atoms with Crippen LogP contribution in [0.3, 0.4) is 0 Å². The molecule has 1 aromatic rings. The van der Waals surface area contributed by atoms with Gasteiger partial charge in [-0.05, 0) is 18.9 Å². The van der Waals surface area contributed by atoms with Crippen molar-refractivity contribution in [2.24, 2.45) is 5.92 Å². The molecule has 19 heavy (non-hydrogen) atoms. The third-order valence-corrected chi connectivity index (χ3v) is 3.09. The fraction of sp³-hybridized carbons (Fsp3) is 0.417. The van der Waals surface area contributed by atoms with Gasteiger partial charge in [-0.1, -0.05) is 11.6 Å². The number of hydrogen-bond acceptors (Lipinski definition) is 6. The SMILES string of the molecule is CN/C(=C\C(=N)C1CC1)Nc1ncc(Cl)c(NC)n1. The number of nitrogens with one attached hydrogen (secondary N) is 4. The Morgan fingerprint density at radius 1 is 1.47 bits per heavy atom. The van der Waals surface area contributed by atoms with Crippen molar-refractivity contribution in [3.8, 4) is 0 Å². The topological polar surface area (TPSA) is 85.7 Å². The van der Waals surface area contributed by atoms with Crippen LogP contribution in [0.15, 0.2) is 18.1 Å². The molecule has 0 amide bonds. The van der Waals surface area contributed by atoms with Crippen LogP contribution in [-0.4, -0.2) is 29.8 Å². The third kappa shape index (κ3) is 3.57. The molecule has 0 radical (unpaired) electrons. The Bertz CT molecular complexity index is 509. The molecule has 2 rings (SSSR count). The van der Waals surface area contributed by atoms with E-state index in [0.29, 0.717) is 34.2 Å². The standard InChI is InChI=1S/C12H17ClN6/c1-15-10(5-9(14)7-3-4-7)18-12-17-6-8(13)11(16-2)19-12/h5-7,14-15H,3-4H2,1-2H3,(H2,16,17,18,19)/b10-5+,14-9?. The minimum absolute atomic E-state index is 0.407. The Morgan fingerprint density at radius 3 is 2.79 bits per heavy atom. The Balaban J connectivity index is 2.11. The number of anilines is 2. The predicted octanol–water partition coefficient (Wildman–Crippen LogP) is 2.07. The normalized spacial score (nSPS) is 15.0. The number of halogens is 1. The fourth-order valence-electron chi connectivity index (χ4n) is 1.56. The van der Waals surface area contributed by atoms with Crippen molar-refractivity contribution in [2.45, 2.75) is 12.8 Å².